The first-order chi connectivity index (χ1) is 12.9. The largest absolute Gasteiger partial charge is 0.482 e. The van der Waals surface area contributed by atoms with Gasteiger partial charge in [0.2, 0.25) is 0 Å². The van der Waals surface area contributed by atoms with Gasteiger partial charge >= 0.3 is 5.97 Å². The molecule has 0 atom stereocenters. The average Bonchev–Trinajstić information content (AvgIpc) is 2.66. The van der Waals surface area contributed by atoms with E-state index in [0.717, 1.165) is 11.1 Å². The van der Waals surface area contributed by atoms with Crippen molar-refractivity contribution < 1.29 is 19.1 Å². The molecule has 6 nitrogen and oxygen atoms in total. The zero-order valence-electron chi connectivity index (χ0n) is 15.7. The predicted octanol–water partition coefficient (Wildman–Crippen LogP) is 2.76. The minimum atomic E-state index is -0.632. The molecule has 6 heteroatoms. The van der Waals surface area contributed by atoms with Crippen LogP contribution in [0, 0.1) is 25.2 Å². The summed E-state index contributed by atoms with van der Waals surface area (Å²) in [4.78, 5) is 25.4. The summed E-state index contributed by atoms with van der Waals surface area (Å²) < 4.78 is 10.2. The quantitative estimate of drug-likeness (QED) is 0.704. The number of nitrogens with zero attached hydrogens (tertiary/aromatic N) is 2. The predicted molar refractivity (Wildman–Crippen MR) is 100 cm³/mol. The van der Waals surface area contributed by atoms with Crippen LogP contribution >= 0.6 is 0 Å². The molecule has 140 valence electrons. The van der Waals surface area contributed by atoms with E-state index < -0.39 is 5.97 Å². The minimum Gasteiger partial charge on any atom is -0.482 e. The molecule has 0 saturated carbocycles. The summed E-state index contributed by atoms with van der Waals surface area (Å²) in [6, 6.07) is 14.4. The molecule has 0 aliphatic rings. The Morgan fingerprint density at radius 2 is 1.78 bits per heavy atom. The summed E-state index contributed by atoms with van der Waals surface area (Å²) in [7, 11) is 1.67. The molecular formula is C21H22N2O4. The number of hydrogen-bond donors (Lipinski definition) is 0. The third-order valence-electron chi connectivity index (χ3n) is 4.03. The molecule has 2 rings (SSSR count). The lowest BCUT2D eigenvalue weighted by molar-refractivity contribution is -0.153. The Labute approximate surface area is 158 Å². The molecule has 0 spiro atoms. The zero-order chi connectivity index (χ0) is 19.8. The van der Waals surface area contributed by atoms with Gasteiger partial charge in [0.15, 0.2) is 13.2 Å². The summed E-state index contributed by atoms with van der Waals surface area (Å²) in [6.07, 6.45) is 0. The van der Waals surface area contributed by atoms with Gasteiger partial charge in [0.05, 0.1) is 11.6 Å². The number of rotatable bonds is 7. The van der Waals surface area contributed by atoms with E-state index in [2.05, 4.69) is 6.07 Å². The van der Waals surface area contributed by atoms with Gasteiger partial charge in [-0.25, -0.2) is 4.79 Å². The second-order valence-corrected chi connectivity index (χ2v) is 6.27. The second kappa shape index (κ2) is 9.39. The van der Waals surface area contributed by atoms with Crippen LogP contribution in [0.4, 0.5) is 0 Å². The van der Waals surface area contributed by atoms with E-state index in [1.165, 1.54) is 10.5 Å². The molecule has 0 fully saturated rings. The fourth-order valence-electron chi connectivity index (χ4n) is 2.43. The van der Waals surface area contributed by atoms with Gasteiger partial charge in [0.1, 0.15) is 5.75 Å². The Morgan fingerprint density at radius 1 is 1.07 bits per heavy atom. The molecule has 0 aliphatic heterocycles. The second-order valence-electron chi connectivity index (χ2n) is 6.27. The number of amides is 1. The highest BCUT2D eigenvalue weighted by Gasteiger charge is 2.14. The number of ether oxygens (including phenoxy) is 2. The van der Waals surface area contributed by atoms with E-state index in [9.17, 15) is 9.59 Å². The standard InChI is InChI=1S/C21H22N2O4/c1-15-4-7-18(16(2)10-15)12-23(3)20(24)13-27-21(25)14-26-19-8-5-17(11-22)6-9-19/h4-10H,12-14H2,1-3H3. The first-order valence-electron chi connectivity index (χ1n) is 8.47. The number of likely N-dealkylation sites (N-methyl/N-ethyl adjacent to an activating group) is 1. The fourth-order valence-corrected chi connectivity index (χ4v) is 2.43. The monoisotopic (exact) mass is 366 g/mol. The molecule has 0 radical (unpaired) electrons. The van der Waals surface area contributed by atoms with Crippen molar-refractivity contribution in [3.63, 3.8) is 0 Å². The average molecular weight is 366 g/mol. The van der Waals surface area contributed by atoms with Gasteiger partial charge in [-0.15, -0.1) is 0 Å². The maximum atomic E-state index is 12.2. The lowest BCUT2D eigenvalue weighted by atomic mass is 10.1. The van der Waals surface area contributed by atoms with Crippen LogP contribution in [-0.2, 0) is 20.9 Å². The van der Waals surface area contributed by atoms with Crippen molar-refractivity contribution in [2.24, 2.45) is 0 Å². The Hall–Kier alpha value is -3.33. The normalized spacial score (nSPS) is 10.0. The zero-order valence-corrected chi connectivity index (χ0v) is 15.7. The first-order valence-corrected chi connectivity index (χ1v) is 8.47. The van der Waals surface area contributed by atoms with Gasteiger partial charge in [0, 0.05) is 13.6 Å². The number of benzene rings is 2. The third kappa shape index (κ3) is 6.15. The molecule has 27 heavy (non-hydrogen) atoms. The SMILES string of the molecule is Cc1ccc(CN(C)C(=O)COC(=O)COc2ccc(C#N)cc2)c(C)c1. The lowest BCUT2D eigenvalue weighted by Crippen LogP contribution is -2.31. The molecule has 0 heterocycles. The van der Waals surface area contributed by atoms with Crippen molar-refractivity contribution in [2.75, 3.05) is 20.3 Å². The van der Waals surface area contributed by atoms with Crippen molar-refractivity contribution >= 4 is 11.9 Å². The highest BCUT2D eigenvalue weighted by atomic mass is 16.6. The van der Waals surface area contributed by atoms with E-state index >= 15 is 0 Å². The van der Waals surface area contributed by atoms with Gasteiger partial charge in [0.25, 0.3) is 5.91 Å². The van der Waals surface area contributed by atoms with Crippen LogP contribution in [0.15, 0.2) is 42.5 Å². The number of carbonyl (C=O) groups is 2. The van der Waals surface area contributed by atoms with Crippen LogP contribution in [-0.4, -0.2) is 37.0 Å². The highest BCUT2D eigenvalue weighted by molar-refractivity contribution is 5.80. The van der Waals surface area contributed by atoms with Crippen LogP contribution in [0.2, 0.25) is 0 Å². The fraction of sp³-hybridized carbons (Fsp3) is 0.286. The first kappa shape index (κ1) is 20.0. The van der Waals surface area contributed by atoms with Crippen molar-refractivity contribution in [3.8, 4) is 11.8 Å². The number of aryl methyl sites for hydroxylation is 2. The molecule has 0 saturated heterocycles. The Kier molecular flexibility index (Phi) is 6.95. The summed E-state index contributed by atoms with van der Waals surface area (Å²) in [5, 5.41) is 8.73. The topological polar surface area (TPSA) is 79.6 Å². The van der Waals surface area contributed by atoms with Crippen molar-refractivity contribution in [1.29, 1.82) is 5.26 Å². The molecule has 0 aliphatic carbocycles. The molecule has 0 aromatic heterocycles. The lowest BCUT2D eigenvalue weighted by Gasteiger charge is -2.18. The Bertz CT molecular complexity index is 853. The maximum Gasteiger partial charge on any atom is 0.344 e. The van der Waals surface area contributed by atoms with Crippen LogP contribution in [0.1, 0.15) is 22.3 Å². The molecule has 0 bridgehead atoms. The highest BCUT2D eigenvalue weighted by Crippen LogP contribution is 2.13. The Morgan fingerprint density at radius 3 is 2.41 bits per heavy atom. The number of carbonyl (C=O) groups excluding carboxylic acids is 2. The van der Waals surface area contributed by atoms with Gasteiger partial charge in [-0.1, -0.05) is 23.8 Å². The van der Waals surface area contributed by atoms with E-state index in [1.807, 2.05) is 32.0 Å². The van der Waals surface area contributed by atoms with Crippen LogP contribution < -0.4 is 4.74 Å². The number of nitriles is 1. The third-order valence-corrected chi connectivity index (χ3v) is 4.03. The van der Waals surface area contributed by atoms with Crippen molar-refractivity contribution in [3.05, 3.63) is 64.7 Å². The summed E-state index contributed by atoms with van der Waals surface area (Å²) in [5.74, 6) is -0.474. The van der Waals surface area contributed by atoms with Crippen LogP contribution in [0.25, 0.3) is 0 Å². The summed E-state index contributed by atoms with van der Waals surface area (Å²) in [6.45, 7) is 3.83. The molecular weight excluding hydrogens is 344 g/mol. The van der Waals surface area contributed by atoms with Gasteiger partial charge < -0.3 is 14.4 Å². The van der Waals surface area contributed by atoms with E-state index in [1.54, 1.807) is 31.3 Å². The van der Waals surface area contributed by atoms with Crippen LogP contribution in [0.3, 0.4) is 0 Å². The molecule has 2 aromatic rings. The molecule has 1 amide bonds. The van der Waals surface area contributed by atoms with Gasteiger partial charge in [-0.3, -0.25) is 4.79 Å². The van der Waals surface area contributed by atoms with E-state index in [4.69, 9.17) is 14.7 Å². The molecule has 0 unspecified atom stereocenters. The van der Waals surface area contributed by atoms with E-state index in [-0.39, 0.29) is 19.1 Å². The Balaban J connectivity index is 1.76. The van der Waals surface area contributed by atoms with Crippen molar-refractivity contribution in [2.45, 2.75) is 20.4 Å². The minimum absolute atomic E-state index is 0.290. The van der Waals surface area contributed by atoms with Gasteiger partial charge in [-0.2, -0.15) is 5.26 Å². The number of esters is 1. The summed E-state index contributed by atoms with van der Waals surface area (Å²) >= 11 is 0. The van der Waals surface area contributed by atoms with Gasteiger partial charge in [-0.05, 0) is 49.2 Å². The smallest absolute Gasteiger partial charge is 0.344 e. The molecule has 2 aromatic carbocycles. The molecule has 0 N–H and O–H groups in total. The van der Waals surface area contributed by atoms with Crippen LogP contribution in [0.5, 0.6) is 5.75 Å². The maximum absolute atomic E-state index is 12.2. The van der Waals surface area contributed by atoms with Crippen molar-refractivity contribution in [1.82, 2.24) is 4.90 Å². The summed E-state index contributed by atoms with van der Waals surface area (Å²) in [5.41, 5.74) is 3.83. The number of hydrogen-bond acceptors (Lipinski definition) is 5. The van der Waals surface area contributed by atoms with E-state index in [0.29, 0.717) is 17.9 Å².